The van der Waals surface area contributed by atoms with Crippen molar-refractivity contribution < 1.29 is 13.9 Å². The fourth-order valence-corrected chi connectivity index (χ4v) is 6.41. The molecular weight excluding hydrogens is 539 g/mol. The standard InChI is InChI=1S/C31H31FN6O2S/c1-18-34-24(17-41-18)16-38-29-25(9-21(11-28(29)40-2)31(39)36-14-22(32)12-23(33)15-36)35-30(38)27-10-20-5-3-4-6-26(20)37(27)13-19-7-8-19/h3-6,9-11,14,17,19,23H,7-8,12-13,15-16,33H2,1-2H3/t23-/m1/s1. The zero-order valence-electron chi connectivity index (χ0n) is 23.0. The molecule has 2 aromatic carbocycles. The Bertz CT molecular complexity index is 1830. The van der Waals surface area contributed by atoms with Crippen LogP contribution in [0.4, 0.5) is 4.39 Å². The molecule has 2 N–H and O–H groups in total. The Kier molecular flexibility index (Phi) is 6.39. The first-order chi connectivity index (χ1) is 19.9. The summed E-state index contributed by atoms with van der Waals surface area (Å²) in [5.41, 5.74) is 10.9. The Balaban J connectivity index is 1.42. The van der Waals surface area contributed by atoms with Crippen molar-refractivity contribution in [1.82, 2.24) is 24.0 Å². The Morgan fingerprint density at radius 1 is 1.17 bits per heavy atom. The summed E-state index contributed by atoms with van der Waals surface area (Å²) in [5, 5.41) is 4.22. The summed E-state index contributed by atoms with van der Waals surface area (Å²) in [6.07, 6.45) is 3.84. The number of imidazole rings is 1. The molecule has 0 saturated heterocycles. The molecule has 0 radical (unpaired) electrons. The minimum Gasteiger partial charge on any atom is -0.494 e. The van der Waals surface area contributed by atoms with Gasteiger partial charge < -0.3 is 24.5 Å². The number of nitrogens with zero attached hydrogens (tertiary/aromatic N) is 5. The molecule has 0 spiro atoms. The second-order valence-corrected chi connectivity index (χ2v) is 12.1. The highest BCUT2D eigenvalue weighted by atomic mass is 32.1. The number of thiazole rings is 1. The monoisotopic (exact) mass is 570 g/mol. The lowest BCUT2D eigenvalue weighted by atomic mass is 10.1. The molecule has 8 nitrogen and oxygen atoms in total. The number of nitrogens with two attached hydrogens (primary N) is 1. The maximum absolute atomic E-state index is 14.2. The third-order valence-corrected chi connectivity index (χ3v) is 8.71. The van der Waals surface area contributed by atoms with Crippen LogP contribution in [0.1, 0.15) is 40.3 Å². The predicted octanol–water partition coefficient (Wildman–Crippen LogP) is 5.87. The molecule has 1 aliphatic heterocycles. The van der Waals surface area contributed by atoms with Gasteiger partial charge in [-0.3, -0.25) is 4.79 Å². The van der Waals surface area contributed by atoms with E-state index in [-0.39, 0.29) is 18.9 Å². The van der Waals surface area contributed by atoms with Gasteiger partial charge in [0.25, 0.3) is 5.91 Å². The maximum Gasteiger partial charge on any atom is 0.258 e. The molecule has 3 aromatic heterocycles. The number of hydrogen-bond acceptors (Lipinski definition) is 6. The number of fused-ring (bicyclic) bond motifs is 2. The van der Waals surface area contributed by atoms with Crippen LogP contribution in [0.25, 0.3) is 33.5 Å². The predicted molar refractivity (Wildman–Crippen MR) is 159 cm³/mol. The van der Waals surface area contributed by atoms with Crippen molar-refractivity contribution >= 4 is 39.2 Å². The van der Waals surface area contributed by atoms with E-state index in [1.807, 2.05) is 6.92 Å². The van der Waals surface area contributed by atoms with E-state index in [4.69, 9.17) is 20.4 Å². The van der Waals surface area contributed by atoms with E-state index in [9.17, 15) is 9.18 Å². The van der Waals surface area contributed by atoms with Crippen molar-refractivity contribution in [2.45, 2.75) is 45.3 Å². The van der Waals surface area contributed by atoms with E-state index in [0.29, 0.717) is 29.3 Å². The molecule has 5 aromatic rings. The van der Waals surface area contributed by atoms with Gasteiger partial charge >= 0.3 is 0 Å². The molecule has 7 rings (SSSR count). The Morgan fingerprint density at radius 3 is 2.73 bits per heavy atom. The van der Waals surface area contributed by atoms with Gasteiger partial charge in [-0.05, 0) is 49.9 Å². The molecule has 1 amide bonds. The van der Waals surface area contributed by atoms with Gasteiger partial charge in [0.2, 0.25) is 0 Å². The molecule has 0 unspecified atom stereocenters. The number of para-hydroxylation sites is 1. The normalized spacial score (nSPS) is 17.4. The summed E-state index contributed by atoms with van der Waals surface area (Å²) in [6, 6.07) is 13.6. The van der Waals surface area contributed by atoms with Gasteiger partial charge in [-0.2, -0.15) is 0 Å². The van der Waals surface area contributed by atoms with Gasteiger partial charge in [-0.1, -0.05) is 18.2 Å². The lowest BCUT2D eigenvalue weighted by Gasteiger charge is -2.26. The first-order valence-electron chi connectivity index (χ1n) is 13.9. The smallest absolute Gasteiger partial charge is 0.258 e. The highest BCUT2D eigenvalue weighted by Gasteiger charge is 2.28. The Labute approximate surface area is 240 Å². The second-order valence-electron chi connectivity index (χ2n) is 11.1. The van der Waals surface area contributed by atoms with E-state index >= 15 is 0 Å². The molecule has 2 aliphatic rings. The number of rotatable bonds is 7. The largest absolute Gasteiger partial charge is 0.494 e. The molecule has 4 heterocycles. The third-order valence-electron chi connectivity index (χ3n) is 7.88. The molecule has 1 aliphatic carbocycles. The van der Waals surface area contributed by atoms with Crippen LogP contribution < -0.4 is 10.5 Å². The summed E-state index contributed by atoms with van der Waals surface area (Å²) >= 11 is 1.61. The average molecular weight is 571 g/mol. The topological polar surface area (TPSA) is 91.2 Å². The summed E-state index contributed by atoms with van der Waals surface area (Å²) in [6.45, 7) is 3.67. The zero-order valence-corrected chi connectivity index (χ0v) is 23.8. The van der Waals surface area contributed by atoms with E-state index in [2.05, 4.69) is 44.8 Å². The van der Waals surface area contributed by atoms with Crippen molar-refractivity contribution in [2.75, 3.05) is 13.7 Å². The number of benzene rings is 2. The van der Waals surface area contributed by atoms with Gasteiger partial charge in [0.15, 0.2) is 5.82 Å². The van der Waals surface area contributed by atoms with Crippen LogP contribution in [0.15, 0.2) is 59.9 Å². The maximum atomic E-state index is 14.2. The van der Waals surface area contributed by atoms with Crippen molar-refractivity contribution in [1.29, 1.82) is 0 Å². The minimum atomic E-state index is -0.449. The number of carbonyl (C=O) groups is 1. The lowest BCUT2D eigenvalue weighted by Crippen LogP contribution is -2.41. The van der Waals surface area contributed by atoms with E-state index in [1.54, 1.807) is 30.6 Å². The van der Waals surface area contributed by atoms with Crippen LogP contribution in [-0.4, -0.2) is 49.6 Å². The molecule has 1 saturated carbocycles. The van der Waals surface area contributed by atoms with Crippen LogP contribution in [0.5, 0.6) is 5.75 Å². The fraction of sp³-hybridized carbons (Fsp3) is 0.323. The molecule has 41 heavy (non-hydrogen) atoms. The number of hydrogen-bond donors (Lipinski definition) is 1. The molecule has 210 valence electrons. The van der Waals surface area contributed by atoms with Crippen molar-refractivity contribution in [2.24, 2.45) is 11.7 Å². The zero-order chi connectivity index (χ0) is 28.2. The van der Waals surface area contributed by atoms with E-state index < -0.39 is 11.9 Å². The Hall–Kier alpha value is -4.02. The average Bonchev–Trinajstić information content (AvgIpc) is 3.41. The lowest BCUT2D eigenvalue weighted by molar-refractivity contribution is 0.0800. The van der Waals surface area contributed by atoms with E-state index in [0.717, 1.165) is 39.7 Å². The van der Waals surface area contributed by atoms with Crippen molar-refractivity contribution in [3.05, 3.63) is 76.1 Å². The number of aryl methyl sites for hydroxylation is 1. The van der Waals surface area contributed by atoms with Crippen molar-refractivity contribution in [3.63, 3.8) is 0 Å². The van der Waals surface area contributed by atoms with Crippen LogP contribution in [0.2, 0.25) is 0 Å². The third kappa shape index (κ3) is 4.81. The van der Waals surface area contributed by atoms with Gasteiger partial charge in [-0.25, -0.2) is 14.4 Å². The number of carbonyl (C=O) groups excluding carboxylic acids is 1. The molecular formula is C31H31FN6O2S. The minimum absolute atomic E-state index is 0.130. The van der Waals surface area contributed by atoms with Gasteiger partial charge in [-0.15, -0.1) is 11.3 Å². The fourth-order valence-electron chi connectivity index (χ4n) is 5.80. The van der Waals surface area contributed by atoms with Crippen LogP contribution >= 0.6 is 11.3 Å². The quantitative estimate of drug-likeness (QED) is 0.264. The number of aromatic nitrogens is 4. The molecule has 1 atom stereocenters. The number of amides is 1. The number of ether oxygens (including phenoxy) is 1. The van der Waals surface area contributed by atoms with Crippen molar-refractivity contribution in [3.8, 4) is 17.3 Å². The van der Waals surface area contributed by atoms with Crippen LogP contribution in [0, 0.1) is 12.8 Å². The Morgan fingerprint density at radius 2 is 2.00 bits per heavy atom. The molecule has 1 fully saturated rings. The summed E-state index contributed by atoms with van der Waals surface area (Å²) in [7, 11) is 1.59. The van der Waals surface area contributed by atoms with Crippen LogP contribution in [0.3, 0.4) is 0 Å². The first kappa shape index (κ1) is 25.9. The van der Waals surface area contributed by atoms with Gasteiger partial charge in [0, 0.05) is 53.6 Å². The number of methoxy groups -OCH3 is 1. The van der Waals surface area contributed by atoms with Gasteiger partial charge in [0.1, 0.15) is 17.1 Å². The summed E-state index contributed by atoms with van der Waals surface area (Å²) < 4.78 is 24.6. The van der Waals surface area contributed by atoms with Crippen LogP contribution in [-0.2, 0) is 13.1 Å². The first-order valence-corrected chi connectivity index (χ1v) is 14.8. The second kappa shape index (κ2) is 10.1. The SMILES string of the molecule is COc1cc(C(=O)N2C=C(F)C[C@@H](N)C2)cc2nc(-c3cc4ccccc4n3CC3CC3)n(Cc3csc(C)n3)c12. The van der Waals surface area contributed by atoms with E-state index in [1.165, 1.54) is 29.5 Å². The number of halogens is 1. The van der Waals surface area contributed by atoms with Gasteiger partial charge in [0.05, 0.1) is 35.6 Å². The highest BCUT2D eigenvalue weighted by Crippen LogP contribution is 2.39. The molecule has 0 bridgehead atoms. The summed E-state index contributed by atoms with van der Waals surface area (Å²) in [5.74, 6) is 1.22. The summed E-state index contributed by atoms with van der Waals surface area (Å²) in [4.78, 5) is 24.7. The molecule has 10 heteroatoms. The highest BCUT2D eigenvalue weighted by molar-refractivity contribution is 7.09.